The third kappa shape index (κ3) is 4.02. The number of carboxylic acid groups (broad SMARTS) is 1. The highest BCUT2D eigenvalue weighted by atomic mass is 16.4. The number of amides is 1. The lowest BCUT2D eigenvalue weighted by Gasteiger charge is -2.36. The molecular weight excluding hydrogens is 272 g/mol. The quantitative estimate of drug-likeness (QED) is 0.736. The number of carbonyl (C=O) groups is 2. The zero-order valence-electron chi connectivity index (χ0n) is 12.3. The smallest absolute Gasteiger partial charge is 0.303 e. The van der Waals surface area contributed by atoms with Gasteiger partial charge in [0.25, 0.3) is 0 Å². The molecule has 1 amide bonds. The van der Waals surface area contributed by atoms with Crippen LogP contribution in [0.4, 0.5) is 0 Å². The van der Waals surface area contributed by atoms with Gasteiger partial charge in [0, 0.05) is 6.54 Å². The Morgan fingerprint density at radius 3 is 2.48 bits per heavy atom. The molecule has 2 atom stereocenters. The number of rotatable bonds is 6. The van der Waals surface area contributed by atoms with Crippen LogP contribution in [-0.4, -0.2) is 29.6 Å². The number of nitrogens with zero attached hydrogens (tertiary/aromatic N) is 1. The van der Waals surface area contributed by atoms with Crippen LogP contribution in [0.25, 0.3) is 0 Å². The van der Waals surface area contributed by atoms with Gasteiger partial charge in [0.15, 0.2) is 0 Å². The van der Waals surface area contributed by atoms with E-state index in [-0.39, 0.29) is 23.7 Å². The summed E-state index contributed by atoms with van der Waals surface area (Å²) >= 11 is 0. The second kappa shape index (κ2) is 7.00. The van der Waals surface area contributed by atoms with Gasteiger partial charge in [-0.2, -0.15) is 4.91 Å². The second-order valence-electron chi connectivity index (χ2n) is 6.56. The SMILES string of the molecule is O=NC1CCCC1C(=O)NCC1(CC(=O)O)CCCCC1. The molecule has 2 saturated carbocycles. The summed E-state index contributed by atoms with van der Waals surface area (Å²) < 4.78 is 0. The molecule has 0 aromatic rings. The van der Waals surface area contributed by atoms with Gasteiger partial charge in [-0.05, 0) is 31.1 Å². The summed E-state index contributed by atoms with van der Waals surface area (Å²) in [6.07, 6.45) is 7.21. The highest BCUT2D eigenvalue weighted by molar-refractivity contribution is 5.80. The van der Waals surface area contributed by atoms with E-state index in [1.54, 1.807) is 0 Å². The minimum Gasteiger partial charge on any atom is -0.481 e. The number of hydrogen-bond acceptors (Lipinski definition) is 4. The number of carbonyl (C=O) groups excluding carboxylic acids is 1. The summed E-state index contributed by atoms with van der Waals surface area (Å²) in [6.45, 7) is 0.403. The summed E-state index contributed by atoms with van der Waals surface area (Å²) in [5, 5.41) is 15.1. The zero-order chi connectivity index (χ0) is 15.3. The molecular formula is C15H24N2O4. The number of aliphatic carboxylic acids is 1. The van der Waals surface area contributed by atoms with E-state index in [4.69, 9.17) is 5.11 Å². The Hall–Kier alpha value is -1.46. The van der Waals surface area contributed by atoms with E-state index in [0.717, 1.165) is 38.5 Å². The lowest BCUT2D eigenvalue weighted by Crippen LogP contribution is -2.43. The van der Waals surface area contributed by atoms with Crippen molar-refractivity contribution in [2.24, 2.45) is 16.5 Å². The average molecular weight is 296 g/mol. The molecule has 0 saturated heterocycles. The maximum atomic E-state index is 12.2. The van der Waals surface area contributed by atoms with E-state index in [0.29, 0.717) is 19.4 Å². The molecule has 2 aliphatic carbocycles. The van der Waals surface area contributed by atoms with Gasteiger partial charge in [0.1, 0.15) is 6.04 Å². The van der Waals surface area contributed by atoms with Crippen molar-refractivity contribution in [3.8, 4) is 0 Å². The minimum absolute atomic E-state index is 0.104. The van der Waals surface area contributed by atoms with Crippen LogP contribution >= 0.6 is 0 Å². The highest BCUT2D eigenvalue weighted by Crippen LogP contribution is 2.39. The van der Waals surface area contributed by atoms with Gasteiger partial charge in [0.2, 0.25) is 5.91 Å². The van der Waals surface area contributed by atoms with Crippen molar-refractivity contribution in [2.45, 2.75) is 63.8 Å². The van der Waals surface area contributed by atoms with Crippen molar-refractivity contribution in [3.63, 3.8) is 0 Å². The number of nitrogens with one attached hydrogen (secondary N) is 1. The maximum Gasteiger partial charge on any atom is 0.303 e. The fourth-order valence-electron chi connectivity index (χ4n) is 3.82. The molecule has 2 rings (SSSR count). The molecule has 0 aliphatic heterocycles. The van der Waals surface area contributed by atoms with Crippen LogP contribution in [0, 0.1) is 16.2 Å². The molecule has 21 heavy (non-hydrogen) atoms. The molecule has 2 fully saturated rings. The minimum atomic E-state index is -0.806. The van der Waals surface area contributed by atoms with Crippen molar-refractivity contribution in [3.05, 3.63) is 4.91 Å². The molecule has 0 aromatic carbocycles. The molecule has 2 aliphatic rings. The largest absolute Gasteiger partial charge is 0.481 e. The summed E-state index contributed by atoms with van der Waals surface area (Å²) in [5.41, 5.74) is -0.317. The first-order valence-electron chi connectivity index (χ1n) is 7.88. The van der Waals surface area contributed by atoms with E-state index in [9.17, 15) is 14.5 Å². The number of nitroso groups, excluding NO2 is 1. The van der Waals surface area contributed by atoms with Crippen LogP contribution in [0.2, 0.25) is 0 Å². The first-order valence-corrected chi connectivity index (χ1v) is 7.88. The number of hydrogen-bond donors (Lipinski definition) is 2. The van der Waals surface area contributed by atoms with Crippen LogP contribution in [0.15, 0.2) is 5.18 Å². The first kappa shape index (κ1) is 15.9. The van der Waals surface area contributed by atoms with E-state index < -0.39 is 12.0 Å². The van der Waals surface area contributed by atoms with Gasteiger partial charge in [-0.15, -0.1) is 0 Å². The van der Waals surface area contributed by atoms with Crippen molar-refractivity contribution in [1.82, 2.24) is 5.32 Å². The Labute approximate surface area is 124 Å². The predicted octanol–water partition coefficient (Wildman–Crippen LogP) is 2.46. The van der Waals surface area contributed by atoms with Gasteiger partial charge in [-0.1, -0.05) is 30.9 Å². The van der Waals surface area contributed by atoms with E-state index in [2.05, 4.69) is 10.5 Å². The zero-order valence-corrected chi connectivity index (χ0v) is 12.3. The van der Waals surface area contributed by atoms with Crippen molar-refractivity contribution in [1.29, 1.82) is 0 Å². The van der Waals surface area contributed by atoms with Gasteiger partial charge in [-0.25, -0.2) is 0 Å². The van der Waals surface area contributed by atoms with E-state index >= 15 is 0 Å². The molecule has 0 bridgehead atoms. The average Bonchev–Trinajstić information content (AvgIpc) is 2.93. The summed E-state index contributed by atoms with van der Waals surface area (Å²) in [4.78, 5) is 34.1. The Kier molecular flexibility index (Phi) is 5.31. The van der Waals surface area contributed by atoms with Crippen LogP contribution in [0.1, 0.15) is 57.8 Å². The van der Waals surface area contributed by atoms with Gasteiger partial charge in [0.05, 0.1) is 12.3 Å². The monoisotopic (exact) mass is 296 g/mol. The van der Waals surface area contributed by atoms with Crippen LogP contribution in [-0.2, 0) is 9.59 Å². The molecule has 0 heterocycles. The fourth-order valence-corrected chi connectivity index (χ4v) is 3.82. The molecule has 0 spiro atoms. The molecule has 6 nitrogen and oxygen atoms in total. The van der Waals surface area contributed by atoms with Crippen molar-refractivity contribution < 1.29 is 14.7 Å². The first-order chi connectivity index (χ1) is 10.1. The Bertz CT molecular complexity index is 404. The standard InChI is InChI=1S/C15H24N2O4/c18-13(19)9-15(7-2-1-3-8-15)10-16-14(20)11-5-4-6-12(11)17-21/h11-12H,1-10H2,(H,16,20)(H,18,19). The van der Waals surface area contributed by atoms with Gasteiger partial charge in [-0.3, -0.25) is 9.59 Å². The summed E-state index contributed by atoms with van der Waals surface area (Å²) in [7, 11) is 0. The van der Waals surface area contributed by atoms with Gasteiger partial charge >= 0.3 is 5.97 Å². The normalized spacial score (nSPS) is 28.0. The molecule has 0 aromatic heterocycles. The van der Waals surface area contributed by atoms with Crippen molar-refractivity contribution >= 4 is 11.9 Å². The third-order valence-electron chi connectivity index (χ3n) is 5.03. The second-order valence-corrected chi connectivity index (χ2v) is 6.56. The maximum absolute atomic E-state index is 12.2. The molecule has 2 N–H and O–H groups in total. The Balaban J connectivity index is 1.93. The summed E-state index contributed by atoms with van der Waals surface area (Å²) in [6, 6.07) is -0.410. The number of carboxylic acids is 1. The van der Waals surface area contributed by atoms with E-state index in [1.165, 1.54) is 0 Å². The van der Waals surface area contributed by atoms with Crippen LogP contribution in [0.3, 0.4) is 0 Å². The molecule has 118 valence electrons. The van der Waals surface area contributed by atoms with Gasteiger partial charge < -0.3 is 10.4 Å². The molecule has 6 heteroatoms. The molecule has 0 radical (unpaired) electrons. The van der Waals surface area contributed by atoms with Crippen LogP contribution in [0.5, 0.6) is 0 Å². The highest BCUT2D eigenvalue weighted by Gasteiger charge is 2.38. The summed E-state index contributed by atoms with van der Waals surface area (Å²) in [5.74, 6) is -1.26. The third-order valence-corrected chi connectivity index (χ3v) is 5.03. The van der Waals surface area contributed by atoms with Crippen molar-refractivity contribution in [2.75, 3.05) is 6.54 Å². The van der Waals surface area contributed by atoms with Crippen LogP contribution < -0.4 is 5.32 Å². The Morgan fingerprint density at radius 2 is 1.86 bits per heavy atom. The molecule has 2 unspecified atom stereocenters. The lowest BCUT2D eigenvalue weighted by atomic mass is 9.71. The fraction of sp³-hybridized carbons (Fsp3) is 0.867. The predicted molar refractivity (Wildman–Crippen MR) is 77.7 cm³/mol. The Morgan fingerprint density at radius 1 is 1.14 bits per heavy atom. The topological polar surface area (TPSA) is 95.8 Å². The lowest BCUT2D eigenvalue weighted by molar-refractivity contribution is -0.141. The van der Waals surface area contributed by atoms with E-state index in [1.807, 2.05) is 0 Å².